The molecule has 2 aromatic rings. The molecule has 5 nitrogen and oxygen atoms in total. The Labute approximate surface area is 115 Å². The monoisotopic (exact) mass is 277 g/mol. The standard InChI is InChI=1S/C14H16FN3O2/c1-2-7-16-9-11-13(19)8-14(20)18(17-11)12-6-4-3-5-10(12)15/h3-6,8,16,19H,2,7,9H2,1H3. The average molecular weight is 277 g/mol. The first-order valence-electron chi connectivity index (χ1n) is 6.41. The van der Waals surface area contributed by atoms with Crippen LogP contribution in [0, 0.1) is 5.82 Å². The molecule has 0 saturated carbocycles. The van der Waals surface area contributed by atoms with Gasteiger partial charge in [0.15, 0.2) is 0 Å². The Morgan fingerprint density at radius 2 is 2.15 bits per heavy atom. The van der Waals surface area contributed by atoms with Crippen LogP contribution in [0.3, 0.4) is 0 Å². The van der Waals surface area contributed by atoms with Gasteiger partial charge in [-0.25, -0.2) is 4.39 Å². The summed E-state index contributed by atoms with van der Waals surface area (Å²) in [5.41, 5.74) is -0.206. The van der Waals surface area contributed by atoms with Crippen molar-refractivity contribution >= 4 is 0 Å². The van der Waals surface area contributed by atoms with E-state index < -0.39 is 11.4 Å². The molecule has 20 heavy (non-hydrogen) atoms. The Bertz CT molecular complexity index is 655. The van der Waals surface area contributed by atoms with Gasteiger partial charge in [0.2, 0.25) is 0 Å². The number of aromatic hydroxyl groups is 1. The van der Waals surface area contributed by atoms with Gasteiger partial charge in [0.25, 0.3) is 5.56 Å². The highest BCUT2D eigenvalue weighted by Crippen LogP contribution is 2.14. The minimum absolute atomic E-state index is 0.0641. The molecule has 0 spiro atoms. The number of hydrogen-bond donors (Lipinski definition) is 2. The molecule has 2 rings (SSSR count). The largest absolute Gasteiger partial charge is 0.506 e. The van der Waals surface area contributed by atoms with Crippen LogP contribution >= 0.6 is 0 Å². The Morgan fingerprint density at radius 3 is 2.85 bits per heavy atom. The molecule has 0 unspecified atom stereocenters. The second kappa shape index (κ2) is 6.29. The van der Waals surface area contributed by atoms with Gasteiger partial charge in [-0.1, -0.05) is 19.1 Å². The highest BCUT2D eigenvalue weighted by Gasteiger charge is 2.11. The molecule has 0 fully saturated rings. The van der Waals surface area contributed by atoms with Gasteiger partial charge >= 0.3 is 0 Å². The molecule has 0 aliphatic carbocycles. The minimum Gasteiger partial charge on any atom is -0.506 e. The fourth-order valence-corrected chi connectivity index (χ4v) is 1.79. The second-order valence-corrected chi connectivity index (χ2v) is 4.35. The number of hydrogen-bond acceptors (Lipinski definition) is 4. The van der Waals surface area contributed by atoms with Crippen LogP contribution in [0.1, 0.15) is 19.0 Å². The van der Waals surface area contributed by atoms with Crippen LogP contribution < -0.4 is 10.9 Å². The second-order valence-electron chi connectivity index (χ2n) is 4.35. The molecular formula is C14H16FN3O2. The summed E-state index contributed by atoms with van der Waals surface area (Å²) < 4.78 is 14.7. The zero-order valence-electron chi connectivity index (χ0n) is 11.1. The van der Waals surface area contributed by atoms with E-state index in [4.69, 9.17) is 0 Å². The van der Waals surface area contributed by atoms with Crippen LogP contribution in [0.2, 0.25) is 0 Å². The van der Waals surface area contributed by atoms with Crippen molar-refractivity contribution in [3.63, 3.8) is 0 Å². The van der Waals surface area contributed by atoms with Crippen molar-refractivity contribution < 1.29 is 9.50 Å². The van der Waals surface area contributed by atoms with Gasteiger partial charge in [-0.05, 0) is 25.1 Å². The van der Waals surface area contributed by atoms with E-state index in [1.807, 2.05) is 6.92 Å². The van der Waals surface area contributed by atoms with Crippen molar-refractivity contribution in [3.8, 4) is 11.4 Å². The maximum Gasteiger partial charge on any atom is 0.275 e. The Balaban J connectivity index is 2.41. The van der Waals surface area contributed by atoms with E-state index in [2.05, 4.69) is 10.4 Å². The number of benzene rings is 1. The predicted molar refractivity (Wildman–Crippen MR) is 73.5 cm³/mol. The summed E-state index contributed by atoms with van der Waals surface area (Å²) in [5.74, 6) is -0.730. The highest BCUT2D eigenvalue weighted by molar-refractivity contribution is 5.34. The lowest BCUT2D eigenvalue weighted by molar-refractivity contribution is 0.450. The van der Waals surface area contributed by atoms with Crippen LogP contribution in [0.5, 0.6) is 5.75 Å². The van der Waals surface area contributed by atoms with Crippen molar-refractivity contribution in [2.75, 3.05) is 6.54 Å². The zero-order valence-corrected chi connectivity index (χ0v) is 11.1. The van der Waals surface area contributed by atoms with E-state index in [9.17, 15) is 14.3 Å². The molecule has 2 N–H and O–H groups in total. The first-order chi connectivity index (χ1) is 9.63. The van der Waals surface area contributed by atoms with Crippen LogP contribution in [-0.2, 0) is 6.54 Å². The quantitative estimate of drug-likeness (QED) is 0.814. The number of rotatable bonds is 5. The molecular weight excluding hydrogens is 261 g/mol. The SMILES string of the molecule is CCCNCc1nn(-c2ccccc2F)c(=O)cc1O. The number of para-hydroxylation sites is 1. The van der Waals surface area contributed by atoms with Crippen LogP contribution in [0.15, 0.2) is 35.1 Å². The molecule has 106 valence electrons. The molecule has 0 radical (unpaired) electrons. The van der Waals surface area contributed by atoms with Crippen molar-refractivity contribution in [3.05, 3.63) is 52.2 Å². The van der Waals surface area contributed by atoms with Gasteiger partial charge in [0.1, 0.15) is 22.9 Å². The van der Waals surface area contributed by atoms with E-state index in [0.29, 0.717) is 12.2 Å². The third-order valence-electron chi connectivity index (χ3n) is 2.79. The maximum atomic E-state index is 13.7. The number of aromatic nitrogens is 2. The molecule has 0 atom stereocenters. The van der Waals surface area contributed by atoms with Crippen molar-refractivity contribution in [1.29, 1.82) is 0 Å². The molecule has 1 aromatic carbocycles. The molecule has 0 bridgehead atoms. The molecule has 0 aliphatic rings. The molecule has 0 saturated heterocycles. The van der Waals surface area contributed by atoms with Gasteiger partial charge in [-0.3, -0.25) is 4.79 Å². The van der Waals surface area contributed by atoms with Gasteiger partial charge in [-0.15, -0.1) is 0 Å². The van der Waals surface area contributed by atoms with Crippen LogP contribution in [0.4, 0.5) is 4.39 Å². The van der Waals surface area contributed by atoms with E-state index in [0.717, 1.165) is 23.7 Å². The lowest BCUT2D eigenvalue weighted by atomic mass is 10.3. The van der Waals surface area contributed by atoms with Gasteiger partial charge in [0, 0.05) is 12.6 Å². The Kier molecular flexibility index (Phi) is 4.47. The topological polar surface area (TPSA) is 67.2 Å². The number of nitrogens with one attached hydrogen (secondary N) is 1. The zero-order chi connectivity index (χ0) is 14.5. The van der Waals surface area contributed by atoms with Gasteiger partial charge in [-0.2, -0.15) is 9.78 Å². The Morgan fingerprint density at radius 1 is 1.40 bits per heavy atom. The third kappa shape index (κ3) is 3.03. The fourth-order valence-electron chi connectivity index (χ4n) is 1.79. The summed E-state index contributed by atoms with van der Waals surface area (Å²) in [6, 6.07) is 6.92. The average Bonchev–Trinajstić information content (AvgIpc) is 2.42. The summed E-state index contributed by atoms with van der Waals surface area (Å²) in [6.07, 6.45) is 0.938. The number of nitrogens with zero attached hydrogens (tertiary/aromatic N) is 2. The highest BCUT2D eigenvalue weighted by atomic mass is 19.1. The summed E-state index contributed by atoms with van der Waals surface area (Å²) in [6.45, 7) is 3.09. The summed E-state index contributed by atoms with van der Waals surface area (Å²) >= 11 is 0. The van der Waals surface area contributed by atoms with Crippen molar-refractivity contribution in [1.82, 2.24) is 15.1 Å². The lowest BCUT2D eigenvalue weighted by Gasteiger charge is -2.10. The van der Waals surface area contributed by atoms with E-state index in [1.54, 1.807) is 6.07 Å². The molecule has 1 heterocycles. The van der Waals surface area contributed by atoms with Crippen LogP contribution in [0.25, 0.3) is 5.69 Å². The fraction of sp³-hybridized carbons (Fsp3) is 0.286. The molecule has 1 aromatic heterocycles. The van der Waals surface area contributed by atoms with Gasteiger partial charge in [0.05, 0.1) is 0 Å². The van der Waals surface area contributed by atoms with E-state index >= 15 is 0 Å². The lowest BCUT2D eigenvalue weighted by Crippen LogP contribution is -2.25. The molecule has 6 heteroatoms. The van der Waals surface area contributed by atoms with Gasteiger partial charge < -0.3 is 10.4 Å². The smallest absolute Gasteiger partial charge is 0.275 e. The van der Waals surface area contributed by atoms with Crippen LogP contribution in [-0.4, -0.2) is 21.4 Å². The summed E-state index contributed by atoms with van der Waals surface area (Å²) in [5, 5.41) is 16.8. The number of halogens is 1. The summed E-state index contributed by atoms with van der Waals surface area (Å²) in [7, 11) is 0. The first-order valence-corrected chi connectivity index (χ1v) is 6.41. The minimum atomic E-state index is -0.577. The Hall–Kier alpha value is -2.21. The molecule has 0 amide bonds. The maximum absolute atomic E-state index is 13.7. The molecule has 0 aliphatic heterocycles. The predicted octanol–water partition coefficient (Wildman–Crippen LogP) is 1.58. The van der Waals surface area contributed by atoms with E-state index in [1.165, 1.54) is 18.2 Å². The van der Waals surface area contributed by atoms with Crippen molar-refractivity contribution in [2.45, 2.75) is 19.9 Å². The van der Waals surface area contributed by atoms with Crippen molar-refractivity contribution in [2.24, 2.45) is 0 Å². The summed E-state index contributed by atoms with van der Waals surface area (Å²) in [4.78, 5) is 11.8. The third-order valence-corrected chi connectivity index (χ3v) is 2.79. The van der Waals surface area contributed by atoms with E-state index in [-0.39, 0.29) is 11.4 Å². The first kappa shape index (κ1) is 14.2. The normalized spacial score (nSPS) is 10.7.